The molecule has 0 bridgehead atoms. The van der Waals surface area contributed by atoms with Crippen molar-refractivity contribution in [2.75, 3.05) is 17.9 Å². The first-order chi connectivity index (χ1) is 20.9. The summed E-state index contributed by atoms with van der Waals surface area (Å²) in [5.74, 6) is -1.30. The maximum Gasteiger partial charge on any atom is 0.417 e. The smallest absolute Gasteiger partial charge is 0.357 e. The maximum atomic E-state index is 14.2. The molecule has 230 valence electrons. The molecule has 7 nitrogen and oxygen atoms in total. The van der Waals surface area contributed by atoms with Crippen LogP contribution < -0.4 is 9.62 Å². The van der Waals surface area contributed by atoms with E-state index in [0.29, 0.717) is 15.9 Å². The van der Waals surface area contributed by atoms with Gasteiger partial charge in [0, 0.05) is 20.0 Å². The van der Waals surface area contributed by atoms with Gasteiger partial charge in [0.05, 0.1) is 21.2 Å². The lowest BCUT2D eigenvalue weighted by Gasteiger charge is -2.33. The van der Waals surface area contributed by atoms with Crippen LogP contribution >= 0.6 is 11.6 Å². The minimum atomic E-state index is -4.89. The highest BCUT2D eigenvalue weighted by Crippen LogP contribution is 2.38. The second kappa shape index (κ2) is 14.0. The molecule has 4 aromatic carbocycles. The number of amides is 2. The maximum absolute atomic E-state index is 14.2. The van der Waals surface area contributed by atoms with Crippen LogP contribution in [0.15, 0.2) is 114 Å². The number of hydrogen-bond donors (Lipinski definition) is 1. The molecule has 0 unspecified atom stereocenters. The number of nitrogens with one attached hydrogen (secondary N) is 1. The summed E-state index contributed by atoms with van der Waals surface area (Å²) >= 11 is 5.83. The fraction of sp³-hybridized carbons (Fsp3) is 0.188. The average Bonchev–Trinajstić information content (AvgIpc) is 3.02. The summed E-state index contributed by atoms with van der Waals surface area (Å²) in [6.07, 6.45) is -4.79. The molecule has 0 spiro atoms. The van der Waals surface area contributed by atoms with E-state index in [0.717, 1.165) is 17.7 Å². The molecule has 0 heterocycles. The predicted octanol–water partition coefficient (Wildman–Crippen LogP) is 5.94. The Balaban J connectivity index is 1.83. The van der Waals surface area contributed by atoms with Crippen molar-refractivity contribution in [2.24, 2.45) is 0 Å². The van der Waals surface area contributed by atoms with E-state index in [1.54, 1.807) is 66.7 Å². The van der Waals surface area contributed by atoms with Crippen molar-refractivity contribution < 1.29 is 31.2 Å². The van der Waals surface area contributed by atoms with E-state index >= 15 is 0 Å². The van der Waals surface area contributed by atoms with Crippen LogP contribution in [0.4, 0.5) is 18.9 Å². The summed E-state index contributed by atoms with van der Waals surface area (Å²) < 4.78 is 69.9. The molecule has 4 rings (SSSR count). The van der Waals surface area contributed by atoms with Crippen molar-refractivity contribution >= 4 is 39.1 Å². The highest BCUT2D eigenvalue weighted by atomic mass is 35.5. The first kappa shape index (κ1) is 32.6. The summed E-state index contributed by atoms with van der Waals surface area (Å²) in [7, 11) is -3.15. The van der Waals surface area contributed by atoms with Crippen molar-refractivity contribution in [2.45, 2.75) is 30.1 Å². The first-order valence-corrected chi connectivity index (χ1v) is 15.3. The van der Waals surface area contributed by atoms with Gasteiger partial charge >= 0.3 is 6.18 Å². The van der Waals surface area contributed by atoms with Gasteiger partial charge < -0.3 is 10.2 Å². The lowest BCUT2D eigenvalue weighted by atomic mass is 10.0. The fourth-order valence-electron chi connectivity index (χ4n) is 4.63. The number of carbonyl (C=O) groups is 2. The molecule has 1 N–H and O–H groups in total. The molecule has 0 aliphatic carbocycles. The minimum absolute atomic E-state index is 0.0712. The minimum Gasteiger partial charge on any atom is -0.357 e. The van der Waals surface area contributed by atoms with Crippen LogP contribution in [0.3, 0.4) is 0 Å². The Morgan fingerprint density at radius 3 is 1.93 bits per heavy atom. The number of nitrogens with zero attached hydrogens (tertiary/aromatic N) is 2. The molecule has 4 aromatic rings. The quantitative estimate of drug-likeness (QED) is 0.219. The van der Waals surface area contributed by atoms with E-state index in [2.05, 4.69) is 5.32 Å². The molecule has 44 heavy (non-hydrogen) atoms. The third-order valence-corrected chi connectivity index (χ3v) is 8.98. The van der Waals surface area contributed by atoms with Gasteiger partial charge in [-0.25, -0.2) is 8.42 Å². The predicted molar refractivity (Wildman–Crippen MR) is 162 cm³/mol. The van der Waals surface area contributed by atoms with Crippen LogP contribution in [0.25, 0.3) is 0 Å². The van der Waals surface area contributed by atoms with Crippen molar-refractivity contribution in [3.05, 3.63) is 131 Å². The number of carbonyl (C=O) groups excluding carboxylic acids is 2. The zero-order chi connectivity index (χ0) is 31.9. The summed E-state index contributed by atoms with van der Waals surface area (Å²) in [6.45, 7) is -0.969. The Morgan fingerprint density at radius 1 is 0.841 bits per heavy atom. The molecule has 0 aliphatic heterocycles. The highest BCUT2D eigenvalue weighted by molar-refractivity contribution is 7.92. The van der Waals surface area contributed by atoms with Crippen molar-refractivity contribution in [1.29, 1.82) is 0 Å². The SMILES string of the molecule is CNC(=O)[C@@H](Cc1ccccc1)N(Cc1ccccc1)C(=O)CN(c1ccc(Cl)c(C(F)(F)F)c1)S(=O)(=O)c1ccccc1. The number of rotatable bonds is 11. The molecule has 0 saturated carbocycles. The van der Waals surface area contributed by atoms with Crippen molar-refractivity contribution in [1.82, 2.24) is 10.2 Å². The molecule has 0 saturated heterocycles. The molecule has 1 atom stereocenters. The first-order valence-electron chi connectivity index (χ1n) is 13.4. The lowest BCUT2D eigenvalue weighted by Crippen LogP contribution is -2.53. The number of alkyl halides is 3. The lowest BCUT2D eigenvalue weighted by molar-refractivity contribution is -0.139. The van der Waals surface area contributed by atoms with Crippen LogP contribution in [-0.4, -0.2) is 44.8 Å². The van der Waals surface area contributed by atoms with E-state index in [9.17, 15) is 31.2 Å². The number of likely N-dealkylation sites (N-methyl/N-ethyl adjacent to an activating group) is 1. The number of benzene rings is 4. The van der Waals surface area contributed by atoms with E-state index in [1.165, 1.54) is 36.2 Å². The zero-order valence-corrected chi connectivity index (χ0v) is 25.1. The largest absolute Gasteiger partial charge is 0.417 e. The highest BCUT2D eigenvalue weighted by Gasteiger charge is 2.37. The van der Waals surface area contributed by atoms with Crippen LogP contribution in [0.1, 0.15) is 16.7 Å². The topological polar surface area (TPSA) is 86.8 Å². The molecule has 0 aliphatic rings. The van der Waals surface area contributed by atoms with Gasteiger partial charge in [0.25, 0.3) is 10.0 Å². The van der Waals surface area contributed by atoms with Crippen LogP contribution in [0, 0.1) is 0 Å². The Labute approximate surface area is 258 Å². The van der Waals surface area contributed by atoms with Crippen LogP contribution in [-0.2, 0) is 38.8 Å². The summed E-state index contributed by atoms with van der Waals surface area (Å²) in [6, 6.07) is 26.3. The number of halogens is 4. The normalized spacial score (nSPS) is 12.3. The van der Waals surface area contributed by atoms with Gasteiger partial charge in [-0.3, -0.25) is 13.9 Å². The van der Waals surface area contributed by atoms with Gasteiger partial charge in [-0.05, 0) is 41.5 Å². The number of sulfonamides is 1. The third kappa shape index (κ3) is 7.78. The fourth-order valence-corrected chi connectivity index (χ4v) is 6.29. The van der Waals surface area contributed by atoms with Crippen molar-refractivity contribution in [3.8, 4) is 0 Å². The van der Waals surface area contributed by atoms with E-state index < -0.39 is 56.9 Å². The van der Waals surface area contributed by atoms with Gasteiger partial charge in [0.1, 0.15) is 12.6 Å². The number of anilines is 1. The zero-order valence-electron chi connectivity index (χ0n) is 23.5. The van der Waals surface area contributed by atoms with Crippen molar-refractivity contribution in [3.63, 3.8) is 0 Å². The molecular weight excluding hydrogens is 615 g/mol. The monoisotopic (exact) mass is 643 g/mol. The second-order valence-electron chi connectivity index (χ2n) is 9.81. The Morgan fingerprint density at radius 2 is 1.39 bits per heavy atom. The van der Waals surface area contributed by atoms with Gasteiger partial charge in [-0.15, -0.1) is 0 Å². The third-order valence-electron chi connectivity index (χ3n) is 6.87. The standard InChI is InChI=1S/C32H29ClF3N3O4S/c1-37-31(41)29(19-23-11-5-2-6-12-23)38(21-24-13-7-3-8-14-24)30(40)22-39(44(42,43)26-15-9-4-10-16-26)25-17-18-28(33)27(20-25)32(34,35)36/h2-18,20,29H,19,21-22H2,1H3,(H,37,41)/t29-/m1/s1. The van der Waals surface area contributed by atoms with Gasteiger partial charge in [0.2, 0.25) is 11.8 Å². The summed E-state index contributed by atoms with van der Waals surface area (Å²) in [4.78, 5) is 28.5. The average molecular weight is 644 g/mol. The Hall–Kier alpha value is -4.35. The molecule has 12 heteroatoms. The Kier molecular flexibility index (Phi) is 10.3. The number of hydrogen-bond acceptors (Lipinski definition) is 4. The van der Waals surface area contributed by atoms with Gasteiger partial charge in [-0.2, -0.15) is 13.2 Å². The molecular formula is C32H29ClF3N3O4S. The molecule has 0 radical (unpaired) electrons. The molecule has 2 amide bonds. The van der Waals surface area contributed by atoms with E-state index in [1.807, 2.05) is 0 Å². The van der Waals surface area contributed by atoms with E-state index in [-0.39, 0.29) is 17.9 Å². The van der Waals surface area contributed by atoms with Gasteiger partial charge in [0.15, 0.2) is 0 Å². The van der Waals surface area contributed by atoms with Crippen LogP contribution in [0.2, 0.25) is 5.02 Å². The molecule has 0 aromatic heterocycles. The second-order valence-corrected chi connectivity index (χ2v) is 12.1. The van der Waals surface area contributed by atoms with Gasteiger partial charge in [-0.1, -0.05) is 90.5 Å². The summed E-state index contributed by atoms with van der Waals surface area (Å²) in [5.41, 5.74) is -0.275. The van der Waals surface area contributed by atoms with Crippen LogP contribution in [0.5, 0.6) is 0 Å². The van der Waals surface area contributed by atoms with E-state index in [4.69, 9.17) is 11.6 Å². The molecule has 0 fully saturated rings. The summed E-state index contributed by atoms with van der Waals surface area (Å²) in [5, 5.41) is 1.95. The Bertz CT molecular complexity index is 1690.